The van der Waals surface area contributed by atoms with Crippen LogP contribution in [0.4, 0.5) is 16.2 Å². The molecule has 2 rings (SSSR count). The Morgan fingerprint density at radius 1 is 1.05 bits per heavy atom. The highest BCUT2D eigenvalue weighted by Gasteiger charge is 2.09. The molecule has 0 heterocycles. The molecule has 5 heteroatoms. The molecule has 0 aliphatic carbocycles. The van der Waals surface area contributed by atoms with E-state index in [1.807, 2.05) is 13.8 Å². The molecule has 0 saturated heterocycles. The maximum absolute atomic E-state index is 12.0. The van der Waals surface area contributed by atoms with Gasteiger partial charge in [-0.2, -0.15) is 0 Å². The van der Waals surface area contributed by atoms with Crippen molar-refractivity contribution in [2.45, 2.75) is 13.8 Å². The Morgan fingerprint density at radius 3 is 2.14 bits per heavy atom. The zero-order chi connectivity index (χ0) is 15.4. The van der Waals surface area contributed by atoms with Crippen LogP contribution in [0.1, 0.15) is 11.1 Å². The molecular weight excluding hydrogens is 268 g/mol. The highest BCUT2D eigenvalue weighted by molar-refractivity contribution is 6.00. The number of hydrogen-bond donors (Lipinski definition) is 3. The SMILES string of the molecule is COc1ccc(NC(=O)Nc2c(C)cc(O)cc2C)cc1. The van der Waals surface area contributed by atoms with Gasteiger partial charge < -0.3 is 20.5 Å². The van der Waals surface area contributed by atoms with Crippen molar-refractivity contribution < 1.29 is 14.6 Å². The average Bonchev–Trinajstić information content (AvgIpc) is 2.43. The maximum atomic E-state index is 12.0. The number of methoxy groups -OCH3 is 1. The van der Waals surface area contributed by atoms with Crippen LogP contribution in [0.15, 0.2) is 36.4 Å². The second-order valence-electron chi connectivity index (χ2n) is 4.76. The Labute approximate surface area is 123 Å². The normalized spacial score (nSPS) is 10.0. The summed E-state index contributed by atoms with van der Waals surface area (Å²) >= 11 is 0. The molecule has 0 aliphatic rings. The van der Waals surface area contributed by atoms with Crippen LogP contribution in [-0.4, -0.2) is 18.2 Å². The first-order chi connectivity index (χ1) is 9.99. The highest BCUT2D eigenvalue weighted by atomic mass is 16.5. The van der Waals surface area contributed by atoms with E-state index in [0.29, 0.717) is 11.4 Å². The molecule has 0 unspecified atom stereocenters. The lowest BCUT2D eigenvalue weighted by molar-refractivity contribution is 0.262. The molecule has 0 radical (unpaired) electrons. The summed E-state index contributed by atoms with van der Waals surface area (Å²) in [4.78, 5) is 12.0. The molecule has 5 nitrogen and oxygen atoms in total. The first-order valence-corrected chi connectivity index (χ1v) is 6.52. The van der Waals surface area contributed by atoms with E-state index in [0.717, 1.165) is 16.9 Å². The van der Waals surface area contributed by atoms with Gasteiger partial charge in [0.1, 0.15) is 11.5 Å². The lowest BCUT2D eigenvalue weighted by atomic mass is 10.1. The number of aryl methyl sites for hydroxylation is 2. The van der Waals surface area contributed by atoms with Crippen molar-refractivity contribution >= 4 is 17.4 Å². The van der Waals surface area contributed by atoms with Gasteiger partial charge >= 0.3 is 6.03 Å². The van der Waals surface area contributed by atoms with Gasteiger partial charge in [-0.25, -0.2) is 4.79 Å². The van der Waals surface area contributed by atoms with E-state index in [4.69, 9.17) is 4.74 Å². The topological polar surface area (TPSA) is 70.6 Å². The van der Waals surface area contributed by atoms with Gasteiger partial charge in [-0.3, -0.25) is 0 Å². The fourth-order valence-electron chi connectivity index (χ4n) is 2.09. The standard InChI is InChI=1S/C16H18N2O3/c1-10-8-13(19)9-11(2)15(10)18-16(20)17-12-4-6-14(21-3)7-5-12/h4-9,19H,1-3H3,(H2,17,18,20). The number of carbonyl (C=O) groups is 1. The maximum Gasteiger partial charge on any atom is 0.323 e. The van der Waals surface area contributed by atoms with Crippen LogP contribution < -0.4 is 15.4 Å². The summed E-state index contributed by atoms with van der Waals surface area (Å²) in [5, 5.41) is 15.0. The summed E-state index contributed by atoms with van der Waals surface area (Å²) in [6, 6.07) is 9.94. The number of ether oxygens (including phenoxy) is 1. The summed E-state index contributed by atoms with van der Waals surface area (Å²) in [5.41, 5.74) is 2.97. The number of nitrogens with one attached hydrogen (secondary N) is 2. The Balaban J connectivity index is 2.08. The van der Waals surface area contributed by atoms with Gasteiger partial charge in [-0.05, 0) is 61.4 Å². The molecule has 0 saturated carbocycles. The van der Waals surface area contributed by atoms with Crippen LogP contribution in [0.25, 0.3) is 0 Å². The molecule has 0 fully saturated rings. The van der Waals surface area contributed by atoms with Crippen molar-refractivity contribution in [3.8, 4) is 11.5 Å². The van der Waals surface area contributed by atoms with E-state index in [9.17, 15) is 9.90 Å². The van der Waals surface area contributed by atoms with Gasteiger partial charge in [0.15, 0.2) is 0 Å². The molecule has 2 amide bonds. The minimum Gasteiger partial charge on any atom is -0.508 e. The van der Waals surface area contributed by atoms with Gasteiger partial charge in [0.2, 0.25) is 0 Å². The van der Waals surface area contributed by atoms with Gasteiger partial charge in [0, 0.05) is 11.4 Å². The molecule has 0 spiro atoms. The van der Waals surface area contributed by atoms with Crippen LogP contribution in [0, 0.1) is 13.8 Å². The number of aromatic hydroxyl groups is 1. The molecule has 0 bridgehead atoms. The first-order valence-electron chi connectivity index (χ1n) is 6.52. The predicted molar refractivity (Wildman–Crippen MR) is 83.2 cm³/mol. The van der Waals surface area contributed by atoms with Crippen molar-refractivity contribution in [3.63, 3.8) is 0 Å². The van der Waals surface area contributed by atoms with Crippen LogP contribution in [0.5, 0.6) is 11.5 Å². The van der Waals surface area contributed by atoms with E-state index in [1.54, 1.807) is 43.5 Å². The number of benzene rings is 2. The Kier molecular flexibility index (Phi) is 4.33. The molecule has 0 aromatic heterocycles. The van der Waals surface area contributed by atoms with E-state index in [2.05, 4.69) is 10.6 Å². The monoisotopic (exact) mass is 286 g/mol. The Hall–Kier alpha value is -2.69. The van der Waals surface area contributed by atoms with Gasteiger partial charge in [-0.1, -0.05) is 0 Å². The Bertz CT molecular complexity index is 628. The second-order valence-corrected chi connectivity index (χ2v) is 4.76. The lowest BCUT2D eigenvalue weighted by Crippen LogP contribution is -2.20. The number of amides is 2. The number of phenols is 1. The Morgan fingerprint density at radius 2 is 1.62 bits per heavy atom. The smallest absolute Gasteiger partial charge is 0.323 e. The van der Waals surface area contributed by atoms with Crippen molar-refractivity contribution in [1.82, 2.24) is 0 Å². The first kappa shape index (κ1) is 14.7. The van der Waals surface area contributed by atoms with Crippen LogP contribution in [0.2, 0.25) is 0 Å². The van der Waals surface area contributed by atoms with Crippen molar-refractivity contribution in [2.24, 2.45) is 0 Å². The molecular formula is C16H18N2O3. The third kappa shape index (κ3) is 3.66. The van der Waals surface area contributed by atoms with Crippen molar-refractivity contribution in [1.29, 1.82) is 0 Å². The van der Waals surface area contributed by atoms with Gasteiger partial charge in [0.25, 0.3) is 0 Å². The fraction of sp³-hybridized carbons (Fsp3) is 0.188. The molecule has 21 heavy (non-hydrogen) atoms. The third-order valence-corrected chi connectivity index (χ3v) is 3.10. The van der Waals surface area contributed by atoms with Gasteiger partial charge in [-0.15, -0.1) is 0 Å². The van der Waals surface area contributed by atoms with Crippen molar-refractivity contribution in [2.75, 3.05) is 17.7 Å². The van der Waals surface area contributed by atoms with Crippen LogP contribution >= 0.6 is 0 Å². The summed E-state index contributed by atoms with van der Waals surface area (Å²) in [6.45, 7) is 3.66. The van der Waals surface area contributed by atoms with E-state index in [-0.39, 0.29) is 11.8 Å². The minimum absolute atomic E-state index is 0.186. The number of urea groups is 1. The number of rotatable bonds is 3. The number of anilines is 2. The predicted octanol–water partition coefficient (Wildman–Crippen LogP) is 3.66. The van der Waals surface area contributed by atoms with Gasteiger partial charge in [0.05, 0.1) is 7.11 Å². The number of phenolic OH excluding ortho intramolecular Hbond substituents is 1. The zero-order valence-electron chi connectivity index (χ0n) is 12.2. The summed E-state index contributed by atoms with van der Waals surface area (Å²) in [7, 11) is 1.59. The highest BCUT2D eigenvalue weighted by Crippen LogP contribution is 2.25. The molecule has 110 valence electrons. The molecule has 0 aliphatic heterocycles. The molecule has 2 aromatic rings. The number of carbonyl (C=O) groups excluding carboxylic acids is 1. The fourth-order valence-corrected chi connectivity index (χ4v) is 2.09. The largest absolute Gasteiger partial charge is 0.508 e. The minimum atomic E-state index is -0.336. The van der Waals surface area contributed by atoms with E-state index in [1.165, 1.54) is 0 Å². The molecule has 3 N–H and O–H groups in total. The van der Waals surface area contributed by atoms with Crippen molar-refractivity contribution in [3.05, 3.63) is 47.5 Å². The third-order valence-electron chi connectivity index (χ3n) is 3.10. The van der Waals surface area contributed by atoms with E-state index >= 15 is 0 Å². The summed E-state index contributed by atoms with van der Waals surface area (Å²) in [6.07, 6.45) is 0. The molecule has 0 atom stereocenters. The number of hydrogen-bond acceptors (Lipinski definition) is 3. The second kappa shape index (κ2) is 6.17. The van der Waals surface area contributed by atoms with Crippen LogP contribution in [-0.2, 0) is 0 Å². The summed E-state index contributed by atoms with van der Waals surface area (Å²) in [5.74, 6) is 0.914. The van der Waals surface area contributed by atoms with E-state index < -0.39 is 0 Å². The zero-order valence-corrected chi connectivity index (χ0v) is 12.2. The quantitative estimate of drug-likeness (QED) is 0.754. The average molecular weight is 286 g/mol. The van der Waals surface area contributed by atoms with Crippen LogP contribution in [0.3, 0.4) is 0 Å². The molecule has 2 aromatic carbocycles. The summed E-state index contributed by atoms with van der Waals surface area (Å²) < 4.78 is 5.06. The lowest BCUT2D eigenvalue weighted by Gasteiger charge is -2.13.